The van der Waals surface area contributed by atoms with Gasteiger partial charge in [-0.15, -0.1) is 0 Å². The SMILES string of the molecule is CNCCCOc1cc2nccc(Oc3cc(F)c(NC)cc3F)c2cc1OC. The first kappa shape index (κ1) is 20.6. The van der Waals surface area contributed by atoms with Gasteiger partial charge < -0.3 is 24.8 Å². The quantitative estimate of drug-likeness (QED) is 0.518. The van der Waals surface area contributed by atoms with E-state index in [9.17, 15) is 8.78 Å². The first-order valence-electron chi connectivity index (χ1n) is 9.16. The molecule has 0 fully saturated rings. The summed E-state index contributed by atoms with van der Waals surface area (Å²) in [6.45, 7) is 1.35. The van der Waals surface area contributed by atoms with Gasteiger partial charge in [-0.05, 0) is 32.1 Å². The second-order valence-corrected chi connectivity index (χ2v) is 6.25. The van der Waals surface area contributed by atoms with Gasteiger partial charge in [-0.25, -0.2) is 8.78 Å². The summed E-state index contributed by atoms with van der Waals surface area (Å²) in [5, 5.41) is 6.23. The van der Waals surface area contributed by atoms with Crippen molar-refractivity contribution in [3.63, 3.8) is 0 Å². The molecule has 0 bridgehead atoms. The maximum Gasteiger partial charge on any atom is 0.167 e. The van der Waals surface area contributed by atoms with E-state index in [4.69, 9.17) is 14.2 Å². The molecule has 3 rings (SSSR count). The second-order valence-electron chi connectivity index (χ2n) is 6.25. The monoisotopic (exact) mass is 403 g/mol. The van der Waals surface area contributed by atoms with Crippen molar-refractivity contribution in [2.24, 2.45) is 0 Å². The standard InChI is InChI=1S/C21H23F2N3O3/c1-24-6-4-8-28-21-12-16-13(9-20(21)27-3)18(5-7-26-16)29-19-11-14(22)17(25-2)10-15(19)23/h5,7,9-12,24-25H,4,6,8H2,1-3H3. The van der Waals surface area contributed by atoms with Crippen LogP contribution in [0.4, 0.5) is 14.5 Å². The lowest BCUT2D eigenvalue weighted by Gasteiger charge is -2.14. The molecule has 0 radical (unpaired) electrons. The molecule has 8 heteroatoms. The Kier molecular flexibility index (Phi) is 6.66. The van der Waals surface area contributed by atoms with E-state index in [-0.39, 0.29) is 11.4 Å². The van der Waals surface area contributed by atoms with E-state index in [0.717, 1.165) is 25.1 Å². The molecule has 3 aromatic rings. The van der Waals surface area contributed by atoms with Crippen LogP contribution in [-0.4, -0.2) is 39.3 Å². The minimum atomic E-state index is -0.683. The fourth-order valence-electron chi connectivity index (χ4n) is 2.84. The smallest absolute Gasteiger partial charge is 0.167 e. The van der Waals surface area contributed by atoms with Gasteiger partial charge in [0.25, 0.3) is 0 Å². The molecule has 1 aromatic heterocycles. The molecule has 0 aliphatic rings. The van der Waals surface area contributed by atoms with Crippen molar-refractivity contribution >= 4 is 16.6 Å². The number of methoxy groups -OCH3 is 1. The van der Waals surface area contributed by atoms with Crippen molar-refractivity contribution in [2.45, 2.75) is 6.42 Å². The molecule has 0 saturated carbocycles. The Morgan fingerprint density at radius 3 is 2.52 bits per heavy atom. The first-order chi connectivity index (χ1) is 14.1. The number of ether oxygens (including phenoxy) is 3. The number of hydrogen-bond donors (Lipinski definition) is 2. The number of halogens is 2. The highest BCUT2D eigenvalue weighted by molar-refractivity contribution is 5.88. The molecule has 0 amide bonds. The van der Waals surface area contributed by atoms with Crippen molar-refractivity contribution in [2.75, 3.05) is 39.7 Å². The van der Waals surface area contributed by atoms with Gasteiger partial charge in [0, 0.05) is 36.8 Å². The van der Waals surface area contributed by atoms with Crippen LogP contribution in [0.1, 0.15) is 6.42 Å². The first-order valence-corrected chi connectivity index (χ1v) is 9.16. The highest BCUT2D eigenvalue weighted by Gasteiger charge is 2.15. The van der Waals surface area contributed by atoms with E-state index in [2.05, 4.69) is 15.6 Å². The summed E-state index contributed by atoms with van der Waals surface area (Å²) >= 11 is 0. The molecular weight excluding hydrogens is 380 g/mol. The Balaban J connectivity index is 1.94. The number of benzene rings is 2. The van der Waals surface area contributed by atoms with Gasteiger partial charge in [0.05, 0.1) is 24.9 Å². The third kappa shape index (κ3) is 4.65. The Morgan fingerprint density at radius 2 is 1.79 bits per heavy atom. The summed E-state index contributed by atoms with van der Waals surface area (Å²) in [6.07, 6.45) is 2.37. The molecule has 0 aliphatic carbocycles. The molecule has 29 heavy (non-hydrogen) atoms. The number of hydrogen-bond acceptors (Lipinski definition) is 6. The minimum Gasteiger partial charge on any atom is -0.493 e. The molecule has 1 heterocycles. The summed E-state index contributed by atoms with van der Waals surface area (Å²) in [5.74, 6) is -0.145. The van der Waals surface area contributed by atoms with E-state index in [1.54, 1.807) is 18.2 Å². The summed E-state index contributed by atoms with van der Waals surface area (Å²) in [5.41, 5.74) is 0.635. The second kappa shape index (κ2) is 9.38. The van der Waals surface area contributed by atoms with Crippen LogP contribution in [0.15, 0.2) is 36.5 Å². The molecule has 0 atom stereocenters. The van der Waals surface area contributed by atoms with Crippen LogP contribution in [0.2, 0.25) is 0 Å². The maximum atomic E-state index is 14.3. The van der Waals surface area contributed by atoms with Crippen LogP contribution in [0.25, 0.3) is 10.9 Å². The summed E-state index contributed by atoms with van der Waals surface area (Å²) in [7, 11) is 4.92. The van der Waals surface area contributed by atoms with Crippen molar-refractivity contribution in [1.29, 1.82) is 0 Å². The lowest BCUT2D eigenvalue weighted by atomic mass is 10.1. The van der Waals surface area contributed by atoms with Gasteiger partial charge in [0.2, 0.25) is 0 Å². The van der Waals surface area contributed by atoms with E-state index >= 15 is 0 Å². The van der Waals surface area contributed by atoms with Crippen LogP contribution in [0, 0.1) is 11.6 Å². The molecule has 2 aromatic carbocycles. The summed E-state index contributed by atoms with van der Waals surface area (Å²) in [6, 6.07) is 7.08. The molecule has 154 valence electrons. The van der Waals surface area contributed by atoms with Crippen LogP contribution in [-0.2, 0) is 0 Å². The lowest BCUT2D eigenvalue weighted by molar-refractivity contribution is 0.289. The van der Waals surface area contributed by atoms with Crippen LogP contribution in [0.3, 0.4) is 0 Å². The van der Waals surface area contributed by atoms with Gasteiger partial charge in [-0.3, -0.25) is 4.98 Å². The number of anilines is 1. The Bertz CT molecular complexity index is 999. The highest BCUT2D eigenvalue weighted by Crippen LogP contribution is 2.38. The fraction of sp³-hybridized carbons (Fsp3) is 0.286. The molecule has 0 aliphatic heterocycles. The zero-order valence-corrected chi connectivity index (χ0v) is 16.5. The predicted molar refractivity (Wildman–Crippen MR) is 108 cm³/mol. The van der Waals surface area contributed by atoms with E-state index in [1.807, 2.05) is 7.05 Å². The molecule has 0 unspecified atom stereocenters. The number of nitrogens with one attached hydrogen (secondary N) is 2. The maximum absolute atomic E-state index is 14.3. The van der Waals surface area contributed by atoms with Crippen LogP contribution in [0.5, 0.6) is 23.0 Å². The van der Waals surface area contributed by atoms with Gasteiger partial charge >= 0.3 is 0 Å². The number of aromatic nitrogens is 1. The lowest BCUT2D eigenvalue weighted by Crippen LogP contribution is -2.11. The average molecular weight is 403 g/mol. The highest BCUT2D eigenvalue weighted by atomic mass is 19.1. The van der Waals surface area contributed by atoms with E-state index < -0.39 is 11.6 Å². The third-order valence-electron chi connectivity index (χ3n) is 4.33. The number of nitrogens with zero attached hydrogens (tertiary/aromatic N) is 1. The molecule has 6 nitrogen and oxygen atoms in total. The fourth-order valence-corrected chi connectivity index (χ4v) is 2.84. The third-order valence-corrected chi connectivity index (χ3v) is 4.33. The largest absolute Gasteiger partial charge is 0.493 e. The van der Waals surface area contributed by atoms with Crippen LogP contribution >= 0.6 is 0 Å². The topological polar surface area (TPSA) is 64.6 Å². The van der Waals surface area contributed by atoms with Crippen molar-refractivity contribution in [1.82, 2.24) is 10.3 Å². The minimum absolute atomic E-state index is 0.0520. The van der Waals surface area contributed by atoms with Gasteiger partial charge in [-0.2, -0.15) is 0 Å². The molecule has 0 spiro atoms. The van der Waals surface area contributed by atoms with E-state index in [1.165, 1.54) is 20.4 Å². The predicted octanol–water partition coefficient (Wildman–Crippen LogP) is 4.34. The van der Waals surface area contributed by atoms with Crippen molar-refractivity contribution in [3.8, 4) is 23.0 Å². The zero-order valence-electron chi connectivity index (χ0n) is 16.5. The number of rotatable bonds is 9. The summed E-state index contributed by atoms with van der Waals surface area (Å²) in [4.78, 5) is 4.33. The van der Waals surface area contributed by atoms with Gasteiger partial charge in [0.15, 0.2) is 23.1 Å². The van der Waals surface area contributed by atoms with Crippen LogP contribution < -0.4 is 24.8 Å². The number of pyridine rings is 1. The Labute approximate surface area is 167 Å². The summed E-state index contributed by atoms with van der Waals surface area (Å²) < 4.78 is 45.2. The van der Waals surface area contributed by atoms with E-state index in [0.29, 0.717) is 34.8 Å². The number of fused-ring (bicyclic) bond motifs is 1. The average Bonchev–Trinajstić information content (AvgIpc) is 2.73. The molecule has 0 saturated heterocycles. The zero-order chi connectivity index (χ0) is 20.8. The Morgan fingerprint density at radius 1 is 0.966 bits per heavy atom. The van der Waals surface area contributed by atoms with Gasteiger partial charge in [0.1, 0.15) is 11.6 Å². The normalized spacial score (nSPS) is 10.8. The molecular formula is C21H23F2N3O3. The van der Waals surface area contributed by atoms with Crippen molar-refractivity contribution < 1.29 is 23.0 Å². The molecule has 2 N–H and O–H groups in total. The van der Waals surface area contributed by atoms with Gasteiger partial charge in [-0.1, -0.05) is 0 Å². The van der Waals surface area contributed by atoms with Crippen molar-refractivity contribution in [3.05, 3.63) is 48.2 Å². The Hall–Kier alpha value is -3.13.